The van der Waals surface area contributed by atoms with Crippen LogP contribution in [-0.2, 0) is 33.5 Å². The Morgan fingerprint density at radius 3 is 2.57 bits per heavy atom. The van der Waals surface area contributed by atoms with E-state index in [9.17, 15) is 14.4 Å². The van der Waals surface area contributed by atoms with Gasteiger partial charge >= 0.3 is 5.97 Å². The molecule has 0 spiro atoms. The van der Waals surface area contributed by atoms with E-state index in [2.05, 4.69) is 4.89 Å². The van der Waals surface area contributed by atoms with Gasteiger partial charge in [0.2, 0.25) is 5.78 Å². The third-order valence-corrected chi connectivity index (χ3v) is 5.70. The van der Waals surface area contributed by atoms with Crippen molar-refractivity contribution >= 4 is 17.5 Å². The van der Waals surface area contributed by atoms with Crippen LogP contribution in [0.5, 0.6) is 0 Å². The zero-order valence-corrected chi connectivity index (χ0v) is 16.9. The lowest BCUT2D eigenvalue weighted by molar-refractivity contribution is -0.297. The van der Waals surface area contributed by atoms with E-state index in [-0.39, 0.29) is 36.6 Å². The monoisotopic (exact) mass is 396 g/mol. The van der Waals surface area contributed by atoms with Gasteiger partial charge in [-0.15, -0.1) is 0 Å². The first-order chi connectivity index (χ1) is 12.9. The standard InChI is InChI=1S/C20H28O8/c1-11(2)8-15(22)26-16-12(9-14-19(5,27-14)17(16)23)20(10-25-20)13(21)6-7-18(3,4)28-24/h6-7,11-12,14,16,24H,8-10H2,1-5H3/b7-6+/t12-,14+,16+,19+,20+/m1/s1. The fraction of sp³-hybridized carbons (Fsp3) is 0.750. The molecule has 28 heavy (non-hydrogen) atoms. The zero-order chi connectivity index (χ0) is 20.9. The number of epoxide rings is 2. The molecule has 2 aliphatic heterocycles. The highest BCUT2D eigenvalue weighted by molar-refractivity contribution is 6.02. The number of esters is 1. The number of carbonyl (C=O) groups excluding carboxylic acids is 3. The van der Waals surface area contributed by atoms with Gasteiger partial charge in [0.1, 0.15) is 5.60 Å². The van der Waals surface area contributed by atoms with Crippen molar-refractivity contribution in [2.45, 2.75) is 76.5 Å². The van der Waals surface area contributed by atoms with Crippen LogP contribution in [0.15, 0.2) is 12.2 Å². The Kier molecular flexibility index (Phi) is 5.29. The summed E-state index contributed by atoms with van der Waals surface area (Å²) in [7, 11) is 0. The third kappa shape index (κ3) is 3.78. The summed E-state index contributed by atoms with van der Waals surface area (Å²) in [5.41, 5.74) is -3.23. The Labute approximate surface area is 164 Å². The molecule has 0 bridgehead atoms. The second-order valence-corrected chi connectivity index (χ2v) is 9.00. The van der Waals surface area contributed by atoms with Crippen molar-refractivity contribution < 1.29 is 38.7 Å². The molecule has 3 fully saturated rings. The van der Waals surface area contributed by atoms with Crippen LogP contribution in [0.1, 0.15) is 47.5 Å². The van der Waals surface area contributed by atoms with Gasteiger partial charge in [0.25, 0.3) is 0 Å². The van der Waals surface area contributed by atoms with Gasteiger partial charge in [-0.2, -0.15) is 0 Å². The number of rotatable bonds is 8. The van der Waals surface area contributed by atoms with Gasteiger partial charge in [-0.3, -0.25) is 19.6 Å². The van der Waals surface area contributed by atoms with Gasteiger partial charge in [-0.1, -0.05) is 13.8 Å². The van der Waals surface area contributed by atoms with E-state index in [4.69, 9.17) is 19.5 Å². The Bertz CT molecular complexity index is 705. The number of ether oxygens (including phenoxy) is 3. The number of fused-ring (bicyclic) bond motifs is 1. The molecule has 0 aromatic carbocycles. The normalized spacial score (nSPS) is 37.1. The molecule has 1 saturated carbocycles. The van der Waals surface area contributed by atoms with Crippen LogP contribution >= 0.6 is 0 Å². The summed E-state index contributed by atoms with van der Waals surface area (Å²) in [6, 6.07) is 0. The molecule has 1 N–H and O–H groups in total. The maximum atomic E-state index is 12.9. The first kappa shape index (κ1) is 21.1. The molecular formula is C20H28O8. The molecule has 0 aromatic rings. The summed E-state index contributed by atoms with van der Waals surface area (Å²) >= 11 is 0. The van der Waals surface area contributed by atoms with Crippen molar-refractivity contribution in [3.8, 4) is 0 Å². The molecule has 156 valence electrons. The quantitative estimate of drug-likeness (QED) is 0.217. The Morgan fingerprint density at radius 1 is 1.39 bits per heavy atom. The molecule has 3 rings (SSSR count). The molecular weight excluding hydrogens is 368 g/mol. The van der Waals surface area contributed by atoms with Crippen molar-refractivity contribution in [2.24, 2.45) is 11.8 Å². The Balaban J connectivity index is 1.82. The summed E-state index contributed by atoms with van der Waals surface area (Å²) in [5.74, 6) is -1.69. The minimum Gasteiger partial charge on any atom is -0.454 e. The van der Waals surface area contributed by atoms with Crippen molar-refractivity contribution in [3.05, 3.63) is 12.2 Å². The van der Waals surface area contributed by atoms with E-state index >= 15 is 0 Å². The predicted molar refractivity (Wildman–Crippen MR) is 96.3 cm³/mol. The Hall–Kier alpha value is -1.61. The minimum atomic E-state index is -1.23. The van der Waals surface area contributed by atoms with E-state index in [1.54, 1.807) is 20.8 Å². The highest BCUT2D eigenvalue weighted by Crippen LogP contribution is 2.54. The van der Waals surface area contributed by atoms with Crippen LogP contribution in [-0.4, -0.2) is 58.4 Å². The minimum absolute atomic E-state index is 0.0848. The average Bonchev–Trinajstić information content (AvgIpc) is 3.51. The maximum Gasteiger partial charge on any atom is 0.306 e. The van der Waals surface area contributed by atoms with Crippen LogP contribution in [0.3, 0.4) is 0 Å². The summed E-state index contributed by atoms with van der Waals surface area (Å²) in [6.07, 6.45) is 1.88. The van der Waals surface area contributed by atoms with Crippen LogP contribution in [0.4, 0.5) is 0 Å². The lowest BCUT2D eigenvalue weighted by Gasteiger charge is -2.33. The largest absolute Gasteiger partial charge is 0.454 e. The fourth-order valence-corrected chi connectivity index (χ4v) is 3.73. The summed E-state index contributed by atoms with van der Waals surface area (Å²) in [6.45, 7) is 8.75. The molecule has 0 aromatic heterocycles. The van der Waals surface area contributed by atoms with Gasteiger partial charge in [-0.05, 0) is 45.3 Å². The van der Waals surface area contributed by atoms with E-state index in [0.717, 1.165) is 0 Å². The number of hydrogen-bond donors (Lipinski definition) is 1. The highest BCUT2D eigenvalue weighted by Gasteiger charge is 2.72. The molecule has 0 unspecified atom stereocenters. The summed E-state index contributed by atoms with van der Waals surface area (Å²) < 4.78 is 16.6. The SMILES string of the molecule is CC(C)CC(=O)O[C@@H]1C(=O)[C@@]2(C)O[C@H]2C[C@H]1[C@]1(C(=O)/C=C/C(C)(C)OO)CO1. The van der Waals surface area contributed by atoms with E-state index in [1.165, 1.54) is 12.2 Å². The van der Waals surface area contributed by atoms with Gasteiger partial charge in [0, 0.05) is 12.3 Å². The molecule has 5 atom stereocenters. The Morgan fingerprint density at radius 2 is 2.04 bits per heavy atom. The fourth-order valence-electron chi connectivity index (χ4n) is 3.73. The highest BCUT2D eigenvalue weighted by atomic mass is 17.1. The van der Waals surface area contributed by atoms with Crippen molar-refractivity contribution in [2.75, 3.05) is 6.61 Å². The summed E-state index contributed by atoms with van der Waals surface area (Å²) in [4.78, 5) is 42.4. The van der Waals surface area contributed by atoms with Crippen molar-refractivity contribution in [1.29, 1.82) is 0 Å². The smallest absolute Gasteiger partial charge is 0.306 e. The van der Waals surface area contributed by atoms with Crippen molar-refractivity contribution in [1.82, 2.24) is 0 Å². The lowest BCUT2D eigenvalue weighted by atomic mass is 9.72. The second kappa shape index (κ2) is 7.02. The topological polar surface area (TPSA) is 115 Å². The average molecular weight is 396 g/mol. The van der Waals surface area contributed by atoms with E-state index in [1.807, 2.05) is 13.8 Å². The molecule has 8 heteroatoms. The van der Waals surface area contributed by atoms with Crippen LogP contribution < -0.4 is 0 Å². The van der Waals surface area contributed by atoms with Gasteiger partial charge in [0.15, 0.2) is 23.1 Å². The number of ketones is 2. The molecule has 3 aliphatic rings. The number of carbonyl (C=O) groups is 3. The van der Waals surface area contributed by atoms with Gasteiger partial charge < -0.3 is 14.2 Å². The lowest BCUT2D eigenvalue weighted by Crippen LogP contribution is -2.53. The first-order valence-electron chi connectivity index (χ1n) is 9.57. The molecule has 0 amide bonds. The van der Waals surface area contributed by atoms with Crippen LogP contribution in [0, 0.1) is 11.8 Å². The van der Waals surface area contributed by atoms with Crippen LogP contribution in [0.2, 0.25) is 0 Å². The third-order valence-electron chi connectivity index (χ3n) is 5.70. The first-order valence-corrected chi connectivity index (χ1v) is 9.57. The molecule has 2 saturated heterocycles. The van der Waals surface area contributed by atoms with Crippen LogP contribution in [0.25, 0.3) is 0 Å². The predicted octanol–water partition coefficient (Wildman–Crippen LogP) is 1.85. The molecule has 8 nitrogen and oxygen atoms in total. The van der Waals surface area contributed by atoms with Gasteiger partial charge in [-0.25, -0.2) is 4.89 Å². The zero-order valence-electron chi connectivity index (χ0n) is 16.9. The molecule has 0 radical (unpaired) electrons. The van der Waals surface area contributed by atoms with Gasteiger partial charge in [0.05, 0.1) is 12.7 Å². The molecule has 1 aliphatic carbocycles. The molecule has 2 heterocycles. The summed E-state index contributed by atoms with van der Waals surface area (Å²) in [5, 5.41) is 8.88. The maximum absolute atomic E-state index is 12.9. The van der Waals surface area contributed by atoms with E-state index < -0.39 is 34.8 Å². The second-order valence-electron chi connectivity index (χ2n) is 9.00. The van der Waals surface area contributed by atoms with E-state index in [0.29, 0.717) is 6.42 Å². The van der Waals surface area contributed by atoms with Crippen molar-refractivity contribution in [3.63, 3.8) is 0 Å². The number of hydrogen-bond acceptors (Lipinski definition) is 8. The number of Topliss-reactive ketones (excluding diaryl/α,β-unsaturated/α-hetero) is 1.